The predicted octanol–water partition coefficient (Wildman–Crippen LogP) is 13.6. The highest BCUT2D eigenvalue weighted by atomic mass is 16.3. The first kappa shape index (κ1) is 31.6. The predicted molar refractivity (Wildman–Crippen MR) is 234 cm³/mol. The van der Waals surface area contributed by atoms with E-state index >= 15 is 0 Å². The molecule has 0 N–H and O–H groups in total. The summed E-state index contributed by atoms with van der Waals surface area (Å²) >= 11 is 0. The molecule has 0 aliphatic heterocycles. The SMILES string of the molecule is c1ccc(-c2cc(-c3ccccc3)nc(-n3c4ccccc4c4cc(-c5ccc6c(c5)c5ccccc5n6-c5ccc6oc7cccnc7c6c5)ccc43)c2)cc1. The number of hydrogen-bond donors (Lipinski definition) is 0. The summed E-state index contributed by atoms with van der Waals surface area (Å²) in [6.07, 6.45) is 1.82. The van der Waals surface area contributed by atoms with Crippen LogP contribution in [0.25, 0.3) is 111 Å². The van der Waals surface area contributed by atoms with Crippen LogP contribution < -0.4 is 0 Å². The van der Waals surface area contributed by atoms with Gasteiger partial charge in [-0.3, -0.25) is 9.55 Å². The summed E-state index contributed by atoms with van der Waals surface area (Å²) < 4.78 is 10.8. The van der Waals surface area contributed by atoms with Crippen LogP contribution in [0.3, 0.4) is 0 Å². The molecule has 0 amide bonds. The van der Waals surface area contributed by atoms with E-state index in [0.29, 0.717) is 0 Å². The Kier molecular flexibility index (Phi) is 6.86. The molecule has 0 bridgehead atoms. The molecule has 7 aromatic carbocycles. The summed E-state index contributed by atoms with van der Waals surface area (Å²) in [7, 11) is 0. The van der Waals surface area contributed by atoms with Crippen molar-refractivity contribution in [1.82, 2.24) is 19.1 Å². The topological polar surface area (TPSA) is 48.8 Å². The van der Waals surface area contributed by atoms with E-state index in [-0.39, 0.29) is 0 Å². The van der Waals surface area contributed by atoms with Gasteiger partial charge in [-0.2, -0.15) is 0 Å². The molecule has 0 atom stereocenters. The Morgan fingerprint density at radius 1 is 0.368 bits per heavy atom. The molecule has 0 spiro atoms. The van der Waals surface area contributed by atoms with Gasteiger partial charge in [-0.25, -0.2) is 4.98 Å². The lowest BCUT2D eigenvalue weighted by Crippen LogP contribution is -2.00. The summed E-state index contributed by atoms with van der Waals surface area (Å²) in [5.41, 5.74) is 14.8. The number of hydrogen-bond acceptors (Lipinski definition) is 3. The van der Waals surface area contributed by atoms with Crippen molar-refractivity contribution in [3.8, 4) is 45.0 Å². The van der Waals surface area contributed by atoms with Gasteiger partial charge < -0.3 is 8.98 Å². The lowest BCUT2D eigenvalue weighted by atomic mass is 10.0. The molecule has 266 valence electrons. The Morgan fingerprint density at radius 3 is 1.70 bits per heavy atom. The molecule has 0 saturated heterocycles. The molecule has 5 heterocycles. The zero-order valence-corrected chi connectivity index (χ0v) is 30.7. The average molecular weight is 729 g/mol. The Morgan fingerprint density at radius 2 is 0.982 bits per heavy atom. The highest BCUT2D eigenvalue weighted by Crippen LogP contribution is 2.40. The maximum absolute atomic E-state index is 6.12. The quantitative estimate of drug-likeness (QED) is 0.177. The molecule has 12 rings (SSSR count). The Balaban J connectivity index is 1.03. The van der Waals surface area contributed by atoms with Crippen LogP contribution in [0.1, 0.15) is 0 Å². The van der Waals surface area contributed by atoms with E-state index in [2.05, 4.69) is 184 Å². The fourth-order valence-corrected chi connectivity index (χ4v) is 8.74. The molecule has 0 aliphatic carbocycles. The second-order valence-electron chi connectivity index (χ2n) is 14.6. The van der Waals surface area contributed by atoms with E-state index in [1.54, 1.807) is 0 Å². The van der Waals surface area contributed by atoms with Crippen molar-refractivity contribution in [2.75, 3.05) is 0 Å². The zero-order valence-electron chi connectivity index (χ0n) is 30.7. The van der Waals surface area contributed by atoms with Gasteiger partial charge in [0.2, 0.25) is 0 Å². The Bertz CT molecular complexity index is 3460. The molecule has 0 saturated carbocycles. The van der Waals surface area contributed by atoms with Gasteiger partial charge >= 0.3 is 0 Å². The first-order valence-electron chi connectivity index (χ1n) is 19.2. The summed E-state index contributed by atoms with van der Waals surface area (Å²) in [5.74, 6) is 0.890. The summed E-state index contributed by atoms with van der Waals surface area (Å²) in [5, 5.41) is 5.80. The van der Waals surface area contributed by atoms with E-state index in [9.17, 15) is 0 Å². The second-order valence-corrected chi connectivity index (χ2v) is 14.6. The number of nitrogens with zero attached hydrogens (tertiary/aromatic N) is 4. The van der Waals surface area contributed by atoms with Gasteiger partial charge in [-0.05, 0) is 101 Å². The summed E-state index contributed by atoms with van der Waals surface area (Å²) in [4.78, 5) is 9.97. The number of furan rings is 1. The fourth-order valence-electron chi connectivity index (χ4n) is 8.74. The van der Waals surface area contributed by atoms with Crippen molar-refractivity contribution >= 4 is 65.7 Å². The molecule has 0 unspecified atom stereocenters. The number of rotatable bonds is 5. The standard InChI is InChI=1S/C52H32N4O/c1-3-12-33(13-4-1)37-30-44(34-14-5-2-6-15-34)54-51(31-37)56-46-19-10-8-17-40(46)42-29-36(22-25-48(42)56)35-21-24-47-41(28-35)39-16-7-9-18-45(39)55(47)38-23-26-49-43(32-38)52-50(57-49)20-11-27-53-52/h1-32H. The molecule has 12 aromatic rings. The molecular formula is C52H32N4O. The number of para-hydroxylation sites is 2. The van der Waals surface area contributed by atoms with Gasteiger partial charge in [0.25, 0.3) is 0 Å². The molecule has 57 heavy (non-hydrogen) atoms. The average Bonchev–Trinajstić information content (AvgIpc) is 3.94. The molecule has 5 nitrogen and oxygen atoms in total. The minimum Gasteiger partial charge on any atom is -0.454 e. The fraction of sp³-hybridized carbons (Fsp3) is 0. The van der Waals surface area contributed by atoms with E-state index in [0.717, 1.165) is 83.6 Å². The maximum atomic E-state index is 6.12. The van der Waals surface area contributed by atoms with Crippen LogP contribution in [0.2, 0.25) is 0 Å². The number of fused-ring (bicyclic) bond motifs is 9. The van der Waals surface area contributed by atoms with E-state index in [1.165, 1.54) is 27.1 Å². The third-order valence-corrected chi connectivity index (χ3v) is 11.4. The van der Waals surface area contributed by atoms with Crippen molar-refractivity contribution in [3.63, 3.8) is 0 Å². The van der Waals surface area contributed by atoms with Crippen LogP contribution in [0.5, 0.6) is 0 Å². The van der Waals surface area contributed by atoms with Gasteiger partial charge in [-0.15, -0.1) is 0 Å². The van der Waals surface area contributed by atoms with E-state index < -0.39 is 0 Å². The second kappa shape index (κ2) is 12.4. The summed E-state index contributed by atoms with van der Waals surface area (Å²) in [6.45, 7) is 0. The van der Waals surface area contributed by atoms with Gasteiger partial charge in [0.05, 0.1) is 27.8 Å². The van der Waals surface area contributed by atoms with Crippen LogP contribution >= 0.6 is 0 Å². The molecule has 5 heteroatoms. The minimum absolute atomic E-state index is 0.797. The van der Waals surface area contributed by atoms with Crippen LogP contribution in [0.15, 0.2) is 199 Å². The van der Waals surface area contributed by atoms with Crippen molar-refractivity contribution in [1.29, 1.82) is 0 Å². The largest absolute Gasteiger partial charge is 0.454 e. The van der Waals surface area contributed by atoms with Gasteiger partial charge in [0.1, 0.15) is 16.9 Å². The van der Waals surface area contributed by atoms with Crippen LogP contribution in [0, 0.1) is 0 Å². The van der Waals surface area contributed by atoms with E-state index in [1.807, 2.05) is 24.4 Å². The Labute approximate surface area is 327 Å². The highest BCUT2D eigenvalue weighted by molar-refractivity contribution is 6.13. The van der Waals surface area contributed by atoms with Crippen molar-refractivity contribution < 1.29 is 4.42 Å². The normalized spacial score (nSPS) is 11.9. The molecule has 5 aromatic heterocycles. The minimum atomic E-state index is 0.797. The molecule has 0 radical (unpaired) electrons. The van der Waals surface area contributed by atoms with Gasteiger partial charge in [0.15, 0.2) is 5.58 Å². The number of pyridine rings is 2. The molecule has 0 aliphatic rings. The third-order valence-electron chi connectivity index (χ3n) is 11.4. The summed E-state index contributed by atoms with van der Waals surface area (Å²) in [6, 6.07) is 66.8. The number of aromatic nitrogens is 4. The van der Waals surface area contributed by atoms with Crippen molar-refractivity contribution in [3.05, 3.63) is 194 Å². The van der Waals surface area contributed by atoms with Crippen molar-refractivity contribution in [2.45, 2.75) is 0 Å². The molecule has 0 fully saturated rings. The van der Waals surface area contributed by atoms with Gasteiger partial charge in [0, 0.05) is 44.4 Å². The third kappa shape index (κ3) is 4.96. The first-order valence-corrected chi connectivity index (χ1v) is 19.2. The number of benzene rings is 7. The van der Waals surface area contributed by atoms with Crippen molar-refractivity contribution in [2.24, 2.45) is 0 Å². The van der Waals surface area contributed by atoms with Crippen LogP contribution in [-0.2, 0) is 0 Å². The Hall–Kier alpha value is -7.76. The first-order chi connectivity index (χ1) is 28.2. The lowest BCUT2D eigenvalue weighted by molar-refractivity contribution is 0.668. The monoisotopic (exact) mass is 728 g/mol. The highest BCUT2D eigenvalue weighted by Gasteiger charge is 2.19. The molecular weight excluding hydrogens is 697 g/mol. The lowest BCUT2D eigenvalue weighted by Gasteiger charge is -2.13. The zero-order chi connectivity index (χ0) is 37.5. The smallest absolute Gasteiger partial charge is 0.153 e. The van der Waals surface area contributed by atoms with Crippen LogP contribution in [-0.4, -0.2) is 19.1 Å². The van der Waals surface area contributed by atoms with Crippen LogP contribution in [0.4, 0.5) is 0 Å². The van der Waals surface area contributed by atoms with Gasteiger partial charge in [-0.1, -0.05) is 109 Å². The maximum Gasteiger partial charge on any atom is 0.153 e. The van der Waals surface area contributed by atoms with E-state index in [4.69, 9.17) is 9.40 Å².